The monoisotopic (exact) mass is 443 g/mol. The number of alkyl carbamates (subject to hydrolysis) is 1. The smallest absolute Gasteiger partial charge is 0.413 e. The van der Waals surface area contributed by atoms with Crippen LogP contribution in [0.4, 0.5) is 4.79 Å². The molecule has 8 nitrogen and oxygen atoms in total. The summed E-state index contributed by atoms with van der Waals surface area (Å²) < 4.78 is 21.8. The Morgan fingerprint density at radius 3 is 2.90 bits per heavy atom. The molecule has 9 heteroatoms. The van der Waals surface area contributed by atoms with Gasteiger partial charge in [-0.15, -0.1) is 0 Å². The zero-order chi connectivity index (χ0) is 22.0. The van der Waals surface area contributed by atoms with Gasteiger partial charge >= 0.3 is 6.09 Å². The number of hydrogen-bond donors (Lipinski definition) is 1. The molecule has 2 atom stereocenters. The summed E-state index contributed by atoms with van der Waals surface area (Å²) in [7, 11) is 1.64. The fourth-order valence-corrected chi connectivity index (χ4v) is 4.03. The first-order valence-electron chi connectivity index (χ1n) is 9.95. The van der Waals surface area contributed by atoms with E-state index < -0.39 is 11.7 Å². The number of hydrogen-bond acceptors (Lipinski definition) is 8. The van der Waals surface area contributed by atoms with E-state index >= 15 is 0 Å². The van der Waals surface area contributed by atoms with Crippen molar-refractivity contribution in [2.24, 2.45) is 4.99 Å². The number of carbonyl (C=O) groups excluding carboxylic acids is 1. The van der Waals surface area contributed by atoms with E-state index in [9.17, 15) is 4.79 Å². The van der Waals surface area contributed by atoms with Gasteiger partial charge in [0.05, 0.1) is 12.1 Å². The SMILES string of the molecule is COCCOc1ccnc2ccc(/C=C3\SC(NC(=O)OC(C)(C)C)=NC4OC34)cc12. The maximum atomic E-state index is 12.1. The molecule has 2 aliphatic heterocycles. The lowest BCUT2D eigenvalue weighted by atomic mass is 10.1. The number of epoxide rings is 1. The molecule has 3 heterocycles. The molecule has 1 amide bonds. The van der Waals surface area contributed by atoms with Crippen molar-refractivity contribution < 1.29 is 23.7 Å². The summed E-state index contributed by atoms with van der Waals surface area (Å²) in [5, 5.41) is 4.09. The minimum Gasteiger partial charge on any atom is -0.490 e. The van der Waals surface area contributed by atoms with Crippen molar-refractivity contribution >= 4 is 40.0 Å². The first-order chi connectivity index (χ1) is 14.8. The third kappa shape index (κ3) is 5.55. The number of pyridine rings is 1. The Hall–Kier alpha value is -2.62. The molecule has 0 aliphatic carbocycles. The molecule has 2 aromatic rings. The number of nitrogens with zero attached hydrogens (tertiary/aromatic N) is 2. The topological polar surface area (TPSA) is 94.6 Å². The molecule has 0 radical (unpaired) electrons. The van der Waals surface area contributed by atoms with Crippen molar-refractivity contribution in [2.75, 3.05) is 20.3 Å². The van der Waals surface area contributed by atoms with Gasteiger partial charge in [-0.05, 0) is 50.6 Å². The van der Waals surface area contributed by atoms with Crippen LogP contribution in [0.5, 0.6) is 5.75 Å². The van der Waals surface area contributed by atoms with Crippen LogP contribution in [0.1, 0.15) is 26.3 Å². The second-order valence-electron chi connectivity index (χ2n) is 8.08. The van der Waals surface area contributed by atoms with Gasteiger partial charge in [-0.2, -0.15) is 0 Å². The van der Waals surface area contributed by atoms with E-state index in [2.05, 4.69) is 15.3 Å². The van der Waals surface area contributed by atoms with E-state index in [4.69, 9.17) is 18.9 Å². The molecule has 1 aromatic carbocycles. The summed E-state index contributed by atoms with van der Waals surface area (Å²) in [6.07, 6.45) is 2.87. The van der Waals surface area contributed by atoms with Crippen molar-refractivity contribution in [1.82, 2.24) is 10.3 Å². The molecule has 2 unspecified atom stereocenters. The second-order valence-corrected chi connectivity index (χ2v) is 9.15. The number of fused-ring (bicyclic) bond motifs is 2. The van der Waals surface area contributed by atoms with E-state index in [-0.39, 0.29) is 12.3 Å². The molecule has 0 bridgehead atoms. The summed E-state index contributed by atoms with van der Waals surface area (Å²) in [4.78, 5) is 21.9. The fourth-order valence-electron chi connectivity index (χ4n) is 3.04. The average Bonchev–Trinajstić information content (AvgIpc) is 3.47. The highest BCUT2D eigenvalue weighted by molar-refractivity contribution is 8.17. The molecule has 2 aliphatic rings. The summed E-state index contributed by atoms with van der Waals surface area (Å²) in [5.41, 5.74) is 1.25. The first kappa shape index (κ1) is 21.6. The van der Waals surface area contributed by atoms with Crippen molar-refractivity contribution in [3.8, 4) is 5.75 Å². The number of aliphatic imine (C=N–C) groups is 1. The average molecular weight is 444 g/mol. The number of amidine groups is 1. The Labute approximate surface area is 185 Å². The van der Waals surface area contributed by atoms with Crippen LogP contribution in [0.15, 0.2) is 40.4 Å². The third-order valence-electron chi connectivity index (χ3n) is 4.40. The van der Waals surface area contributed by atoms with Gasteiger partial charge in [-0.25, -0.2) is 9.79 Å². The van der Waals surface area contributed by atoms with Crippen LogP contribution in [-0.4, -0.2) is 54.5 Å². The number of nitrogens with one attached hydrogen (secondary N) is 1. The lowest BCUT2D eigenvalue weighted by Gasteiger charge is -2.20. The highest BCUT2D eigenvalue weighted by Gasteiger charge is 2.46. The van der Waals surface area contributed by atoms with E-state index in [1.165, 1.54) is 11.8 Å². The van der Waals surface area contributed by atoms with Gasteiger partial charge in [-0.1, -0.05) is 17.8 Å². The molecule has 0 saturated carbocycles. The Balaban J connectivity index is 1.52. The number of amides is 1. The number of ether oxygens (including phenoxy) is 4. The zero-order valence-corrected chi connectivity index (χ0v) is 18.7. The number of carbonyl (C=O) groups is 1. The van der Waals surface area contributed by atoms with Crippen LogP contribution < -0.4 is 10.1 Å². The van der Waals surface area contributed by atoms with Gasteiger partial charge in [-0.3, -0.25) is 10.3 Å². The molecular weight excluding hydrogens is 418 g/mol. The minimum absolute atomic E-state index is 0.0868. The molecular formula is C22H25N3O5S. The van der Waals surface area contributed by atoms with Gasteiger partial charge < -0.3 is 18.9 Å². The van der Waals surface area contributed by atoms with Crippen LogP contribution >= 0.6 is 11.8 Å². The maximum Gasteiger partial charge on any atom is 0.413 e. The van der Waals surface area contributed by atoms with Crippen LogP contribution in [-0.2, 0) is 14.2 Å². The number of aromatic nitrogens is 1. The Morgan fingerprint density at radius 2 is 2.13 bits per heavy atom. The number of methoxy groups -OCH3 is 1. The number of benzene rings is 1. The van der Waals surface area contributed by atoms with Crippen molar-refractivity contribution in [3.63, 3.8) is 0 Å². The predicted molar refractivity (Wildman–Crippen MR) is 120 cm³/mol. The van der Waals surface area contributed by atoms with Crippen molar-refractivity contribution in [2.45, 2.75) is 38.7 Å². The van der Waals surface area contributed by atoms with E-state index in [1.54, 1.807) is 13.3 Å². The van der Waals surface area contributed by atoms with E-state index in [0.717, 1.165) is 27.1 Å². The predicted octanol–water partition coefficient (Wildman–Crippen LogP) is 3.95. The molecule has 1 N–H and O–H groups in total. The molecule has 0 spiro atoms. The first-order valence-corrected chi connectivity index (χ1v) is 10.8. The van der Waals surface area contributed by atoms with Crippen molar-refractivity contribution in [1.29, 1.82) is 0 Å². The summed E-state index contributed by atoms with van der Waals surface area (Å²) in [6, 6.07) is 7.82. The highest BCUT2D eigenvalue weighted by Crippen LogP contribution is 2.42. The molecule has 164 valence electrons. The Kier molecular flexibility index (Phi) is 6.17. The van der Waals surface area contributed by atoms with E-state index in [0.29, 0.717) is 18.4 Å². The van der Waals surface area contributed by atoms with Crippen LogP contribution in [0.3, 0.4) is 0 Å². The largest absolute Gasteiger partial charge is 0.490 e. The lowest BCUT2D eigenvalue weighted by molar-refractivity contribution is 0.0564. The summed E-state index contributed by atoms with van der Waals surface area (Å²) in [5.74, 6) is 0.757. The quantitative estimate of drug-likeness (QED) is 0.552. The standard InChI is InChI=1S/C22H25N3O5S/c1-22(2,3)30-21(26)25-20-24-19-18(29-19)17(31-20)12-13-5-6-15-14(11-13)16(7-8-23-15)28-10-9-27-4/h5-8,11-12,18-19H,9-10H2,1-4H3,(H,24,25,26)/b17-12-. The maximum absolute atomic E-state index is 12.1. The van der Waals surface area contributed by atoms with Gasteiger partial charge in [0.2, 0.25) is 0 Å². The zero-order valence-electron chi connectivity index (χ0n) is 17.9. The van der Waals surface area contributed by atoms with Crippen molar-refractivity contribution in [3.05, 3.63) is 40.9 Å². The molecule has 4 rings (SSSR count). The van der Waals surface area contributed by atoms with Gasteiger partial charge in [0.25, 0.3) is 0 Å². The van der Waals surface area contributed by atoms with Crippen LogP contribution in [0, 0.1) is 0 Å². The van der Waals surface area contributed by atoms with Gasteiger partial charge in [0.15, 0.2) is 11.4 Å². The summed E-state index contributed by atoms with van der Waals surface area (Å²) >= 11 is 1.37. The van der Waals surface area contributed by atoms with Crippen LogP contribution in [0.2, 0.25) is 0 Å². The lowest BCUT2D eigenvalue weighted by Crippen LogP contribution is -2.36. The third-order valence-corrected chi connectivity index (χ3v) is 5.38. The molecule has 1 fully saturated rings. The molecule has 1 saturated heterocycles. The van der Waals surface area contributed by atoms with Gasteiger partial charge in [0.1, 0.15) is 24.1 Å². The van der Waals surface area contributed by atoms with E-state index in [1.807, 2.05) is 51.1 Å². The molecule has 1 aromatic heterocycles. The number of rotatable bonds is 5. The highest BCUT2D eigenvalue weighted by atomic mass is 32.2. The Bertz CT molecular complexity index is 1050. The van der Waals surface area contributed by atoms with Gasteiger partial charge in [0, 0.05) is 23.6 Å². The number of thioether (sulfide) groups is 1. The normalized spacial score (nSPS) is 21.4. The minimum atomic E-state index is -0.580. The van der Waals surface area contributed by atoms with Crippen LogP contribution in [0.25, 0.3) is 17.0 Å². The summed E-state index contributed by atoms with van der Waals surface area (Å²) in [6.45, 7) is 6.42. The molecule has 31 heavy (non-hydrogen) atoms. The Morgan fingerprint density at radius 1 is 1.29 bits per heavy atom. The fraction of sp³-hybridized carbons (Fsp3) is 0.409. The second kappa shape index (κ2) is 8.86.